The van der Waals surface area contributed by atoms with Gasteiger partial charge in [0.25, 0.3) is 0 Å². The molecule has 0 bridgehead atoms. The third-order valence-electron chi connectivity index (χ3n) is 6.19. The van der Waals surface area contributed by atoms with Crippen LogP contribution in [0.25, 0.3) is 0 Å². The van der Waals surface area contributed by atoms with E-state index in [0.29, 0.717) is 6.54 Å². The maximum atomic E-state index is 12.6. The van der Waals surface area contributed by atoms with Crippen LogP contribution in [0.1, 0.15) is 41.5 Å². The Labute approximate surface area is 210 Å². The first-order chi connectivity index (χ1) is 12.8. The van der Waals surface area contributed by atoms with Gasteiger partial charge in [0.05, 0.1) is 0 Å². The summed E-state index contributed by atoms with van der Waals surface area (Å²) in [7, 11) is -0.362. The first kappa shape index (κ1) is 22.7. The number of urea groups is 1. The second-order valence-electron chi connectivity index (χ2n) is 8.02. The maximum absolute atomic E-state index is 12.6. The summed E-state index contributed by atoms with van der Waals surface area (Å²) in [5, 5.41) is 2.89. The van der Waals surface area contributed by atoms with Crippen molar-refractivity contribution < 1.29 is 13.2 Å². The van der Waals surface area contributed by atoms with E-state index in [4.69, 9.17) is 0 Å². The number of nitrogens with one attached hydrogen (secondary N) is 2. The number of carbonyl (C=O) groups excluding carboxylic acids is 1. The van der Waals surface area contributed by atoms with Crippen molar-refractivity contribution in [2.24, 2.45) is 0 Å². The molecule has 7 nitrogen and oxygen atoms in total. The third-order valence-corrected chi connectivity index (χ3v) is 7.69. The summed E-state index contributed by atoms with van der Waals surface area (Å²) in [5.41, 5.74) is 5.84. The van der Waals surface area contributed by atoms with E-state index in [9.17, 15) is 13.2 Å². The van der Waals surface area contributed by atoms with E-state index < -0.39 is 16.2 Å². The largest absolute Gasteiger partial charge is 0.333 e. The molecule has 2 aliphatic carbocycles. The summed E-state index contributed by atoms with van der Waals surface area (Å²) >= 11 is 0. The number of nitrogens with zero attached hydrogens (tertiary/aromatic N) is 2. The van der Waals surface area contributed by atoms with Crippen molar-refractivity contribution in [2.75, 3.05) is 32.5 Å². The SMILES string of the molecule is CN1CC[C@H](N(C)S(=O)(=O)NC(=O)Nc2c3c(cc4c2CCC4)CCC3)C1.[K]. The Morgan fingerprint density at radius 3 is 2.29 bits per heavy atom. The summed E-state index contributed by atoms with van der Waals surface area (Å²) in [4.78, 5) is 14.7. The molecule has 1 aromatic carbocycles. The number of likely N-dealkylation sites (N-methyl/N-ethyl adjacent to an activating group) is 2. The van der Waals surface area contributed by atoms with E-state index in [1.165, 1.54) is 33.6 Å². The minimum atomic E-state index is -3.87. The minimum absolute atomic E-state index is 0. The quantitative estimate of drug-likeness (QED) is 0.704. The number of likely N-dealkylation sites (tertiary alicyclic amines) is 1. The number of hydrogen-bond donors (Lipinski definition) is 2. The summed E-state index contributed by atoms with van der Waals surface area (Å²) < 4.78 is 28.8. The Kier molecular flexibility index (Phi) is 7.30. The van der Waals surface area contributed by atoms with Crippen molar-refractivity contribution >= 4 is 73.3 Å². The van der Waals surface area contributed by atoms with Gasteiger partial charge < -0.3 is 10.2 Å². The Hall–Kier alpha value is -0.00364. The van der Waals surface area contributed by atoms with E-state index in [1.54, 1.807) is 0 Å². The smallest absolute Gasteiger partial charge is 0.307 e. The molecule has 1 aliphatic heterocycles. The molecule has 28 heavy (non-hydrogen) atoms. The number of aryl methyl sites for hydroxylation is 2. The fraction of sp³-hybridized carbons (Fsp3) is 0.632. The van der Waals surface area contributed by atoms with Crippen LogP contribution >= 0.6 is 0 Å². The van der Waals surface area contributed by atoms with Gasteiger partial charge in [0.15, 0.2) is 0 Å². The molecule has 1 radical (unpaired) electrons. The number of fused-ring (bicyclic) bond motifs is 2. The van der Waals surface area contributed by atoms with Gasteiger partial charge in [0, 0.05) is 76.7 Å². The average Bonchev–Trinajstić information content (AvgIpc) is 3.33. The van der Waals surface area contributed by atoms with Crippen molar-refractivity contribution in [2.45, 2.75) is 51.0 Å². The van der Waals surface area contributed by atoms with Crippen LogP contribution in [0.5, 0.6) is 0 Å². The fourth-order valence-corrected chi connectivity index (χ4v) is 5.69. The van der Waals surface area contributed by atoms with Gasteiger partial charge in [-0.05, 0) is 80.8 Å². The first-order valence-electron chi connectivity index (χ1n) is 9.77. The molecule has 1 atom stereocenters. The summed E-state index contributed by atoms with van der Waals surface area (Å²) in [6.07, 6.45) is 6.91. The first-order valence-corrected chi connectivity index (χ1v) is 11.2. The monoisotopic (exact) mass is 431 g/mol. The van der Waals surface area contributed by atoms with Crippen LogP contribution in [0.3, 0.4) is 0 Å². The third kappa shape index (κ3) is 4.51. The van der Waals surface area contributed by atoms with Gasteiger partial charge in [0.1, 0.15) is 0 Å². The summed E-state index contributed by atoms with van der Waals surface area (Å²) in [5.74, 6) is 0. The molecule has 0 saturated carbocycles. The standard InChI is InChI=1S/C19H28N4O3S.K/c1-22-10-9-15(12-22)23(2)27(25,26)21-19(24)20-18-16-7-3-5-13(16)11-14-6-4-8-17(14)18;/h11,15H,3-10,12H2,1-2H3,(H2,20,21,24);/t15-;/m0./s1. The zero-order valence-electron chi connectivity index (χ0n) is 17.0. The van der Waals surface area contributed by atoms with Crippen molar-refractivity contribution in [3.8, 4) is 0 Å². The molecule has 1 saturated heterocycles. The molecular formula is C19H28KN4O3S. The van der Waals surface area contributed by atoms with Gasteiger partial charge in [-0.3, -0.25) is 0 Å². The normalized spacial score (nSPS) is 21.3. The van der Waals surface area contributed by atoms with Gasteiger partial charge in [-0.2, -0.15) is 12.7 Å². The molecule has 9 heteroatoms. The Morgan fingerprint density at radius 2 is 1.75 bits per heavy atom. The molecule has 0 spiro atoms. The van der Waals surface area contributed by atoms with E-state index in [1.807, 2.05) is 7.05 Å². The van der Waals surface area contributed by atoms with Crippen molar-refractivity contribution in [1.82, 2.24) is 13.9 Å². The second kappa shape index (κ2) is 9.01. The molecule has 2 amide bonds. The van der Waals surface area contributed by atoms with Gasteiger partial charge in [-0.1, -0.05) is 6.07 Å². The Bertz CT molecular complexity index is 842. The van der Waals surface area contributed by atoms with Gasteiger partial charge >= 0.3 is 16.2 Å². The molecular weight excluding hydrogens is 403 g/mol. The number of benzene rings is 1. The molecule has 1 aromatic rings. The predicted molar refractivity (Wildman–Crippen MR) is 111 cm³/mol. The zero-order valence-corrected chi connectivity index (χ0v) is 21.0. The van der Waals surface area contributed by atoms with Crippen molar-refractivity contribution in [3.63, 3.8) is 0 Å². The molecule has 0 aromatic heterocycles. The van der Waals surface area contributed by atoms with Crippen LogP contribution in [0, 0.1) is 0 Å². The van der Waals surface area contributed by atoms with E-state index in [0.717, 1.165) is 57.2 Å². The van der Waals surface area contributed by atoms with Crippen LogP contribution < -0.4 is 10.0 Å². The molecule has 2 N–H and O–H groups in total. The Morgan fingerprint density at radius 1 is 1.14 bits per heavy atom. The summed E-state index contributed by atoms with van der Waals surface area (Å²) in [6, 6.07) is 1.52. The molecule has 4 rings (SSSR count). The van der Waals surface area contributed by atoms with E-state index in [-0.39, 0.29) is 57.4 Å². The van der Waals surface area contributed by atoms with Crippen LogP contribution in [0.2, 0.25) is 0 Å². The van der Waals surface area contributed by atoms with Crippen LogP contribution in [0.4, 0.5) is 10.5 Å². The number of amides is 2. The fourth-order valence-electron chi connectivity index (χ4n) is 4.70. The average molecular weight is 432 g/mol. The van der Waals surface area contributed by atoms with Gasteiger partial charge in [-0.15, -0.1) is 0 Å². The number of anilines is 1. The van der Waals surface area contributed by atoms with Crippen molar-refractivity contribution in [1.29, 1.82) is 0 Å². The van der Waals surface area contributed by atoms with Gasteiger partial charge in [0.2, 0.25) is 0 Å². The number of hydrogen-bond acceptors (Lipinski definition) is 4. The zero-order chi connectivity index (χ0) is 19.2. The van der Waals surface area contributed by atoms with Gasteiger partial charge in [-0.25, -0.2) is 9.52 Å². The number of carbonyl (C=O) groups is 1. The summed E-state index contributed by atoms with van der Waals surface area (Å²) in [6.45, 7) is 1.54. The predicted octanol–water partition coefficient (Wildman–Crippen LogP) is 1.29. The number of rotatable bonds is 4. The Balaban J connectivity index is 0.00000225. The van der Waals surface area contributed by atoms with E-state index in [2.05, 4.69) is 21.0 Å². The molecule has 1 heterocycles. The van der Waals surface area contributed by atoms with Crippen LogP contribution in [-0.4, -0.2) is 108 Å². The molecule has 0 unspecified atom stereocenters. The maximum Gasteiger partial charge on any atom is 0.333 e. The van der Waals surface area contributed by atoms with Crippen LogP contribution in [0.15, 0.2) is 6.07 Å². The van der Waals surface area contributed by atoms with Crippen molar-refractivity contribution in [3.05, 3.63) is 28.3 Å². The molecule has 3 aliphatic rings. The molecule has 149 valence electrons. The van der Waals surface area contributed by atoms with Crippen LogP contribution in [-0.2, 0) is 35.9 Å². The topological polar surface area (TPSA) is 81.8 Å². The minimum Gasteiger partial charge on any atom is -0.307 e. The second-order valence-corrected chi connectivity index (χ2v) is 9.75. The molecule has 1 fully saturated rings. The van der Waals surface area contributed by atoms with E-state index >= 15 is 0 Å².